The van der Waals surface area contributed by atoms with E-state index < -0.39 is 0 Å². The highest BCUT2D eigenvalue weighted by atomic mass is 32.2. The van der Waals surface area contributed by atoms with E-state index in [0.29, 0.717) is 5.41 Å². The van der Waals surface area contributed by atoms with Crippen molar-refractivity contribution in [3.05, 3.63) is 0 Å². The van der Waals surface area contributed by atoms with Gasteiger partial charge in [-0.3, -0.25) is 5.14 Å². The van der Waals surface area contributed by atoms with E-state index in [2.05, 4.69) is 13.8 Å². The minimum Gasteiger partial charge on any atom is -0.278 e. The molecule has 0 atom stereocenters. The van der Waals surface area contributed by atoms with Crippen molar-refractivity contribution in [2.75, 3.05) is 5.75 Å². The number of hydrogen-bond donors (Lipinski definition) is 1. The number of rotatable bonds is 3. The zero-order chi connectivity index (χ0) is 6.91. The SMILES string of the molecule is CC(C)(CSN)C1CC1. The number of nitrogens with two attached hydrogens (primary N) is 1. The molecule has 9 heavy (non-hydrogen) atoms. The summed E-state index contributed by atoms with van der Waals surface area (Å²) in [6.45, 7) is 4.62. The molecule has 54 valence electrons. The van der Waals surface area contributed by atoms with E-state index in [0.717, 1.165) is 11.7 Å². The minimum atomic E-state index is 0.499. The normalized spacial score (nSPS) is 20.3. The van der Waals surface area contributed by atoms with Crippen LogP contribution in [-0.2, 0) is 0 Å². The van der Waals surface area contributed by atoms with Gasteiger partial charge in [-0.05, 0) is 24.2 Å². The lowest BCUT2D eigenvalue weighted by Gasteiger charge is -2.21. The zero-order valence-electron chi connectivity index (χ0n) is 6.18. The van der Waals surface area contributed by atoms with E-state index in [1.54, 1.807) is 0 Å². The number of hydrogen-bond acceptors (Lipinski definition) is 2. The summed E-state index contributed by atoms with van der Waals surface area (Å²) in [5.74, 6) is 2.08. The highest BCUT2D eigenvalue weighted by Gasteiger charge is 2.37. The molecular formula is C7H15NS. The first kappa shape index (κ1) is 7.42. The maximum Gasteiger partial charge on any atom is 0.0130 e. The molecule has 0 saturated heterocycles. The van der Waals surface area contributed by atoms with Crippen molar-refractivity contribution in [1.29, 1.82) is 0 Å². The van der Waals surface area contributed by atoms with Gasteiger partial charge in [0.1, 0.15) is 0 Å². The summed E-state index contributed by atoms with van der Waals surface area (Å²) in [5, 5.41) is 5.40. The Morgan fingerprint density at radius 1 is 1.56 bits per heavy atom. The summed E-state index contributed by atoms with van der Waals surface area (Å²) in [6.07, 6.45) is 2.85. The molecule has 1 rings (SSSR count). The Hall–Kier alpha value is 0.310. The lowest BCUT2D eigenvalue weighted by Crippen LogP contribution is -2.18. The summed E-state index contributed by atoms with van der Waals surface area (Å²) >= 11 is 1.48. The van der Waals surface area contributed by atoms with Crippen LogP contribution in [0.25, 0.3) is 0 Å². The zero-order valence-corrected chi connectivity index (χ0v) is 7.00. The molecule has 2 heteroatoms. The van der Waals surface area contributed by atoms with Crippen LogP contribution in [0.15, 0.2) is 0 Å². The average Bonchev–Trinajstić information content (AvgIpc) is 2.41. The van der Waals surface area contributed by atoms with Crippen LogP contribution in [0.2, 0.25) is 0 Å². The van der Waals surface area contributed by atoms with Crippen molar-refractivity contribution in [2.45, 2.75) is 26.7 Å². The first-order valence-electron chi connectivity index (χ1n) is 3.48. The second-order valence-corrected chi connectivity index (χ2v) is 4.20. The van der Waals surface area contributed by atoms with Crippen molar-refractivity contribution in [2.24, 2.45) is 16.5 Å². The topological polar surface area (TPSA) is 26.0 Å². The standard InChI is InChI=1S/C7H15NS/c1-7(2,5-9-8)6-3-4-6/h6H,3-5,8H2,1-2H3. The average molecular weight is 145 g/mol. The van der Waals surface area contributed by atoms with Gasteiger partial charge in [0.2, 0.25) is 0 Å². The van der Waals surface area contributed by atoms with Crippen molar-refractivity contribution < 1.29 is 0 Å². The van der Waals surface area contributed by atoms with Gasteiger partial charge in [0.15, 0.2) is 0 Å². The van der Waals surface area contributed by atoms with Crippen molar-refractivity contribution in [1.82, 2.24) is 0 Å². The van der Waals surface area contributed by atoms with Crippen LogP contribution in [0.3, 0.4) is 0 Å². The van der Waals surface area contributed by atoms with E-state index in [9.17, 15) is 0 Å². The largest absolute Gasteiger partial charge is 0.278 e. The summed E-state index contributed by atoms with van der Waals surface area (Å²) in [5.41, 5.74) is 0.499. The van der Waals surface area contributed by atoms with Gasteiger partial charge < -0.3 is 0 Å². The molecule has 0 aromatic heterocycles. The van der Waals surface area contributed by atoms with Gasteiger partial charge in [-0.2, -0.15) is 0 Å². The van der Waals surface area contributed by atoms with Crippen LogP contribution in [0, 0.1) is 11.3 Å². The molecule has 0 aliphatic heterocycles. The van der Waals surface area contributed by atoms with Gasteiger partial charge in [-0.15, -0.1) is 0 Å². The first-order valence-corrected chi connectivity index (χ1v) is 4.53. The van der Waals surface area contributed by atoms with E-state index in [1.807, 2.05) is 0 Å². The first-order chi connectivity index (χ1) is 4.17. The Morgan fingerprint density at radius 2 is 2.11 bits per heavy atom. The maximum absolute atomic E-state index is 5.40. The third-order valence-electron chi connectivity index (χ3n) is 2.14. The van der Waals surface area contributed by atoms with Crippen LogP contribution in [0.1, 0.15) is 26.7 Å². The van der Waals surface area contributed by atoms with Crippen LogP contribution in [-0.4, -0.2) is 5.75 Å². The van der Waals surface area contributed by atoms with Gasteiger partial charge in [-0.1, -0.05) is 25.8 Å². The maximum atomic E-state index is 5.40. The van der Waals surface area contributed by atoms with Gasteiger partial charge in [0.05, 0.1) is 0 Å². The Balaban J connectivity index is 2.30. The summed E-state index contributed by atoms with van der Waals surface area (Å²) in [6, 6.07) is 0. The fraction of sp³-hybridized carbons (Fsp3) is 1.00. The molecule has 1 fully saturated rings. The Morgan fingerprint density at radius 3 is 2.44 bits per heavy atom. The van der Waals surface area contributed by atoms with Crippen LogP contribution < -0.4 is 5.14 Å². The fourth-order valence-corrected chi connectivity index (χ4v) is 1.86. The Bertz CT molecular complexity index is 97.1. The van der Waals surface area contributed by atoms with Crippen molar-refractivity contribution in [3.63, 3.8) is 0 Å². The molecule has 1 aliphatic carbocycles. The Kier molecular flexibility index (Phi) is 2.07. The summed E-state index contributed by atoms with van der Waals surface area (Å²) in [4.78, 5) is 0. The van der Waals surface area contributed by atoms with Gasteiger partial charge in [0.25, 0.3) is 0 Å². The Labute approximate surface area is 61.5 Å². The predicted octanol–water partition coefficient (Wildman–Crippen LogP) is 2.03. The molecule has 0 aromatic rings. The fourth-order valence-electron chi connectivity index (χ4n) is 1.20. The smallest absolute Gasteiger partial charge is 0.0130 e. The van der Waals surface area contributed by atoms with Gasteiger partial charge >= 0.3 is 0 Å². The monoisotopic (exact) mass is 145 g/mol. The molecule has 2 N–H and O–H groups in total. The third-order valence-corrected chi connectivity index (χ3v) is 3.05. The van der Waals surface area contributed by atoms with E-state index in [1.165, 1.54) is 24.8 Å². The molecule has 0 radical (unpaired) electrons. The molecule has 0 bridgehead atoms. The predicted molar refractivity (Wildman–Crippen MR) is 43.2 cm³/mol. The van der Waals surface area contributed by atoms with Gasteiger partial charge in [0, 0.05) is 5.75 Å². The molecule has 0 spiro atoms. The molecule has 0 aromatic carbocycles. The van der Waals surface area contributed by atoms with Crippen molar-refractivity contribution in [3.8, 4) is 0 Å². The lowest BCUT2D eigenvalue weighted by molar-refractivity contribution is 0.360. The van der Waals surface area contributed by atoms with Crippen LogP contribution in [0.5, 0.6) is 0 Å². The van der Waals surface area contributed by atoms with Gasteiger partial charge in [-0.25, -0.2) is 0 Å². The summed E-state index contributed by atoms with van der Waals surface area (Å²) < 4.78 is 0. The van der Waals surface area contributed by atoms with Crippen LogP contribution >= 0.6 is 11.9 Å². The van der Waals surface area contributed by atoms with E-state index in [4.69, 9.17) is 5.14 Å². The van der Waals surface area contributed by atoms with Crippen molar-refractivity contribution >= 4 is 11.9 Å². The molecular weight excluding hydrogens is 130 g/mol. The van der Waals surface area contributed by atoms with E-state index in [-0.39, 0.29) is 0 Å². The molecule has 1 saturated carbocycles. The minimum absolute atomic E-state index is 0.499. The summed E-state index contributed by atoms with van der Waals surface area (Å²) in [7, 11) is 0. The molecule has 0 unspecified atom stereocenters. The second kappa shape index (κ2) is 2.51. The highest BCUT2D eigenvalue weighted by Crippen LogP contribution is 2.46. The molecule has 1 nitrogen and oxygen atoms in total. The molecule has 0 amide bonds. The quantitative estimate of drug-likeness (QED) is 0.615. The molecule has 0 heterocycles. The highest BCUT2D eigenvalue weighted by molar-refractivity contribution is 7.97. The van der Waals surface area contributed by atoms with Crippen LogP contribution in [0.4, 0.5) is 0 Å². The van der Waals surface area contributed by atoms with E-state index >= 15 is 0 Å². The third kappa shape index (κ3) is 1.87. The second-order valence-electron chi connectivity index (χ2n) is 3.57. The molecule has 1 aliphatic rings. The lowest BCUT2D eigenvalue weighted by atomic mass is 9.90.